The second-order valence-corrected chi connectivity index (χ2v) is 7.67. The van der Waals surface area contributed by atoms with Crippen LogP contribution < -0.4 is 5.32 Å². The summed E-state index contributed by atoms with van der Waals surface area (Å²) in [5.74, 6) is 2.10. The Kier molecular flexibility index (Phi) is 5.81. The molecule has 0 saturated carbocycles. The van der Waals surface area contributed by atoms with Crippen LogP contribution in [0.2, 0.25) is 0 Å². The zero-order valence-corrected chi connectivity index (χ0v) is 15.8. The van der Waals surface area contributed by atoms with Crippen molar-refractivity contribution < 1.29 is 0 Å². The normalized spacial score (nSPS) is 24.8. The summed E-state index contributed by atoms with van der Waals surface area (Å²) in [4.78, 5) is 2.57. The van der Waals surface area contributed by atoms with E-state index >= 15 is 0 Å². The number of tetrazole rings is 1. The molecule has 1 aromatic heterocycles. The van der Waals surface area contributed by atoms with E-state index in [-0.39, 0.29) is 6.04 Å². The first-order valence-electron chi connectivity index (χ1n) is 9.31. The molecular formula is C19H30N6. The molecule has 0 radical (unpaired) electrons. The highest BCUT2D eigenvalue weighted by Gasteiger charge is 2.31. The van der Waals surface area contributed by atoms with E-state index in [0.717, 1.165) is 32.0 Å². The van der Waals surface area contributed by atoms with E-state index < -0.39 is 0 Å². The van der Waals surface area contributed by atoms with Crippen molar-refractivity contribution in [1.82, 2.24) is 30.4 Å². The van der Waals surface area contributed by atoms with E-state index in [1.54, 1.807) is 0 Å². The van der Waals surface area contributed by atoms with Crippen LogP contribution in [0.5, 0.6) is 0 Å². The Morgan fingerprint density at radius 1 is 1.12 bits per heavy atom. The van der Waals surface area contributed by atoms with Crippen LogP contribution in [0.4, 0.5) is 0 Å². The van der Waals surface area contributed by atoms with Crippen molar-refractivity contribution in [2.75, 3.05) is 13.1 Å². The molecule has 3 rings (SSSR count). The summed E-state index contributed by atoms with van der Waals surface area (Å²) >= 11 is 0. The molecule has 1 saturated heterocycles. The van der Waals surface area contributed by atoms with Crippen molar-refractivity contribution >= 4 is 0 Å². The van der Waals surface area contributed by atoms with Crippen molar-refractivity contribution in [2.45, 2.75) is 52.9 Å². The highest BCUT2D eigenvalue weighted by atomic mass is 15.5. The lowest BCUT2D eigenvalue weighted by molar-refractivity contribution is 0.0933. The molecule has 2 heterocycles. The van der Waals surface area contributed by atoms with Crippen LogP contribution >= 0.6 is 0 Å². The second-order valence-electron chi connectivity index (χ2n) is 7.67. The lowest BCUT2D eigenvalue weighted by Crippen LogP contribution is -2.53. The number of nitrogens with zero attached hydrogens (tertiary/aromatic N) is 5. The minimum atomic E-state index is 0.286. The quantitative estimate of drug-likeness (QED) is 0.874. The monoisotopic (exact) mass is 342 g/mol. The van der Waals surface area contributed by atoms with Crippen LogP contribution in [0, 0.1) is 11.8 Å². The van der Waals surface area contributed by atoms with Gasteiger partial charge in [0.05, 0.1) is 12.6 Å². The Morgan fingerprint density at radius 2 is 1.80 bits per heavy atom. The highest BCUT2D eigenvalue weighted by molar-refractivity contribution is 5.14. The van der Waals surface area contributed by atoms with Crippen molar-refractivity contribution in [3.05, 3.63) is 41.7 Å². The summed E-state index contributed by atoms with van der Waals surface area (Å²) in [6, 6.07) is 11.5. The number of aromatic nitrogens is 4. The number of likely N-dealkylation sites (tertiary alicyclic amines) is 1. The van der Waals surface area contributed by atoms with Gasteiger partial charge in [-0.2, -0.15) is 0 Å². The van der Waals surface area contributed by atoms with Gasteiger partial charge in [-0.25, -0.2) is 4.68 Å². The molecule has 1 N–H and O–H groups in total. The van der Waals surface area contributed by atoms with E-state index in [1.165, 1.54) is 5.56 Å². The smallest absolute Gasteiger partial charge is 0.165 e. The van der Waals surface area contributed by atoms with Crippen LogP contribution in [-0.4, -0.2) is 44.2 Å². The summed E-state index contributed by atoms with van der Waals surface area (Å²) in [5.41, 5.74) is 1.39. The summed E-state index contributed by atoms with van der Waals surface area (Å²) in [6.45, 7) is 12.9. The molecule has 1 fully saturated rings. The van der Waals surface area contributed by atoms with Crippen LogP contribution in [0.15, 0.2) is 30.3 Å². The van der Waals surface area contributed by atoms with E-state index in [9.17, 15) is 0 Å². The van der Waals surface area contributed by atoms with Crippen LogP contribution in [0.3, 0.4) is 0 Å². The van der Waals surface area contributed by atoms with Crippen LogP contribution in [0.25, 0.3) is 0 Å². The molecule has 25 heavy (non-hydrogen) atoms. The molecule has 136 valence electrons. The van der Waals surface area contributed by atoms with Gasteiger partial charge in [0.15, 0.2) is 5.82 Å². The molecule has 1 aromatic carbocycles. The third-order valence-electron chi connectivity index (χ3n) is 5.11. The molecule has 1 aliphatic rings. The average Bonchev–Trinajstić information content (AvgIpc) is 3.04. The van der Waals surface area contributed by atoms with Gasteiger partial charge < -0.3 is 5.32 Å². The standard InChI is InChI=1S/C19H30N6/c1-14(2)25-18(21-22-23-25)10-20-19-15(3)11-24(12-16(19)4)13-17-8-6-5-7-9-17/h5-9,14-16,19-20H,10-13H2,1-4H3. The lowest BCUT2D eigenvalue weighted by atomic mass is 9.85. The van der Waals surface area contributed by atoms with Gasteiger partial charge in [-0.3, -0.25) is 4.90 Å². The molecule has 2 unspecified atom stereocenters. The predicted octanol–water partition coefficient (Wildman–Crippen LogP) is 2.50. The van der Waals surface area contributed by atoms with Gasteiger partial charge in [0.25, 0.3) is 0 Å². The maximum absolute atomic E-state index is 4.17. The zero-order valence-electron chi connectivity index (χ0n) is 15.8. The van der Waals surface area contributed by atoms with Gasteiger partial charge in [-0.15, -0.1) is 5.10 Å². The fourth-order valence-corrected chi connectivity index (χ4v) is 3.99. The number of piperidine rings is 1. The van der Waals surface area contributed by atoms with Gasteiger partial charge >= 0.3 is 0 Å². The maximum atomic E-state index is 4.17. The minimum Gasteiger partial charge on any atom is -0.306 e. The molecule has 1 aliphatic heterocycles. The topological polar surface area (TPSA) is 58.9 Å². The average molecular weight is 342 g/mol. The molecule has 6 nitrogen and oxygen atoms in total. The van der Waals surface area contributed by atoms with Crippen LogP contribution in [-0.2, 0) is 13.1 Å². The Balaban J connectivity index is 1.56. The number of hydrogen-bond donors (Lipinski definition) is 1. The van der Waals surface area contributed by atoms with Crippen LogP contribution in [0.1, 0.15) is 45.1 Å². The Morgan fingerprint density at radius 3 is 2.44 bits per heavy atom. The third kappa shape index (κ3) is 4.44. The van der Waals surface area contributed by atoms with Gasteiger partial charge in [0.2, 0.25) is 0 Å². The minimum absolute atomic E-state index is 0.286. The first-order chi connectivity index (χ1) is 12.0. The van der Waals surface area contributed by atoms with Gasteiger partial charge in [-0.05, 0) is 41.7 Å². The lowest BCUT2D eigenvalue weighted by Gasteiger charge is -2.42. The summed E-state index contributed by atoms with van der Waals surface area (Å²) in [6.07, 6.45) is 0. The molecule has 2 aromatic rings. The molecule has 0 amide bonds. The van der Waals surface area contributed by atoms with E-state index in [2.05, 4.69) is 83.8 Å². The number of rotatable bonds is 6. The number of hydrogen-bond acceptors (Lipinski definition) is 5. The molecule has 0 spiro atoms. The molecule has 6 heteroatoms. The maximum Gasteiger partial charge on any atom is 0.165 e. The fraction of sp³-hybridized carbons (Fsp3) is 0.632. The van der Waals surface area contributed by atoms with Gasteiger partial charge in [-0.1, -0.05) is 44.2 Å². The summed E-state index contributed by atoms with van der Waals surface area (Å²) < 4.78 is 1.90. The van der Waals surface area contributed by atoms with Gasteiger partial charge in [0, 0.05) is 25.7 Å². The SMILES string of the molecule is CC1CN(Cc2ccccc2)CC(C)C1NCc1nnnn1C(C)C. The van der Waals surface area contributed by atoms with E-state index in [1.807, 2.05) is 4.68 Å². The Labute approximate surface area is 150 Å². The van der Waals surface area contributed by atoms with Crippen molar-refractivity contribution in [3.63, 3.8) is 0 Å². The largest absolute Gasteiger partial charge is 0.306 e. The molecule has 0 aliphatic carbocycles. The van der Waals surface area contributed by atoms with Crippen molar-refractivity contribution in [1.29, 1.82) is 0 Å². The fourth-order valence-electron chi connectivity index (χ4n) is 3.99. The Hall–Kier alpha value is -1.79. The summed E-state index contributed by atoms with van der Waals surface area (Å²) in [7, 11) is 0. The molecule has 0 bridgehead atoms. The second kappa shape index (κ2) is 8.06. The number of benzene rings is 1. The first-order valence-corrected chi connectivity index (χ1v) is 9.31. The molecule has 2 atom stereocenters. The van der Waals surface area contributed by atoms with Crippen molar-refractivity contribution in [3.8, 4) is 0 Å². The van der Waals surface area contributed by atoms with Gasteiger partial charge in [0.1, 0.15) is 0 Å². The predicted molar refractivity (Wildman–Crippen MR) is 98.9 cm³/mol. The van der Waals surface area contributed by atoms with E-state index in [4.69, 9.17) is 0 Å². The Bertz CT molecular complexity index is 641. The number of nitrogens with one attached hydrogen (secondary N) is 1. The third-order valence-corrected chi connectivity index (χ3v) is 5.11. The summed E-state index contributed by atoms with van der Waals surface area (Å²) in [5, 5.41) is 15.8. The van der Waals surface area contributed by atoms with E-state index in [0.29, 0.717) is 17.9 Å². The zero-order chi connectivity index (χ0) is 17.8. The highest BCUT2D eigenvalue weighted by Crippen LogP contribution is 2.24. The molecular weight excluding hydrogens is 312 g/mol. The van der Waals surface area contributed by atoms with Crippen molar-refractivity contribution in [2.24, 2.45) is 11.8 Å². The first kappa shape index (κ1) is 18.0.